The second-order valence-electron chi connectivity index (χ2n) is 6.46. The fraction of sp³-hybridized carbons (Fsp3) is 0.667. The summed E-state index contributed by atoms with van der Waals surface area (Å²) in [5.41, 5.74) is 3.32. The molecule has 2 rings (SSSR count). The van der Waals surface area contributed by atoms with Gasteiger partial charge in [0.05, 0.1) is 0 Å². The van der Waals surface area contributed by atoms with E-state index in [4.69, 9.17) is 0 Å². The van der Waals surface area contributed by atoms with E-state index in [1.165, 1.54) is 30.6 Å². The summed E-state index contributed by atoms with van der Waals surface area (Å²) in [7, 11) is 0. The van der Waals surface area contributed by atoms with Gasteiger partial charge in [0.1, 0.15) is 0 Å². The zero-order valence-electron chi connectivity index (χ0n) is 13.6. The first-order chi connectivity index (χ1) is 9.61. The van der Waals surface area contributed by atoms with Gasteiger partial charge in [-0.05, 0) is 55.7 Å². The van der Waals surface area contributed by atoms with Crippen molar-refractivity contribution in [1.82, 2.24) is 5.32 Å². The van der Waals surface area contributed by atoms with Crippen LogP contribution in [-0.2, 0) is 6.54 Å². The van der Waals surface area contributed by atoms with Gasteiger partial charge in [-0.25, -0.2) is 0 Å². The summed E-state index contributed by atoms with van der Waals surface area (Å²) >= 11 is 0. The van der Waals surface area contributed by atoms with Gasteiger partial charge < -0.3 is 10.2 Å². The molecule has 1 aliphatic rings. The SMILES string of the molecule is CCN(CC)c1ccc(CNCC2(C(C)C)CC2)cc1. The molecule has 0 aliphatic heterocycles. The van der Waals surface area contributed by atoms with Gasteiger partial charge >= 0.3 is 0 Å². The van der Waals surface area contributed by atoms with Crippen LogP contribution in [0.4, 0.5) is 5.69 Å². The highest BCUT2D eigenvalue weighted by molar-refractivity contribution is 5.47. The van der Waals surface area contributed by atoms with Crippen molar-refractivity contribution in [3.05, 3.63) is 29.8 Å². The third kappa shape index (κ3) is 3.54. The van der Waals surface area contributed by atoms with Crippen LogP contribution in [0.5, 0.6) is 0 Å². The van der Waals surface area contributed by atoms with Crippen molar-refractivity contribution in [3.63, 3.8) is 0 Å². The Labute approximate surface area is 124 Å². The second-order valence-corrected chi connectivity index (χ2v) is 6.46. The molecule has 0 saturated heterocycles. The molecule has 2 nitrogen and oxygen atoms in total. The molecule has 1 aromatic carbocycles. The summed E-state index contributed by atoms with van der Waals surface area (Å²) in [6.07, 6.45) is 2.80. The monoisotopic (exact) mass is 274 g/mol. The molecule has 0 radical (unpaired) electrons. The summed E-state index contributed by atoms with van der Waals surface area (Å²) in [5, 5.41) is 3.65. The Morgan fingerprint density at radius 2 is 1.70 bits per heavy atom. The van der Waals surface area contributed by atoms with Gasteiger partial charge in [-0.1, -0.05) is 26.0 Å². The average molecular weight is 274 g/mol. The van der Waals surface area contributed by atoms with Crippen molar-refractivity contribution in [2.75, 3.05) is 24.5 Å². The Bertz CT molecular complexity index is 400. The molecule has 0 bridgehead atoms. The van der Waals surface area contributed by atoms with E-state index in [9.17, 15) is 0 Å². The van der Waals surface area contributed by atoms with E-state index in [-0.39, 0.29) is 0 Å². The van der Waals surface area contributed by atoms with Crippen LogP contribution in [0.1, 0.15) is 46.1 Å². The van der Waals surface area contributed by atoms with E-state index >= 15 is 0 Å². The standard InChI is InChI=1S/C18H30N2/c1-5-20(6-2)17-9-7-16(8-10-17)13-19-14-18(11-12-18)15(3)4/h7-10,15,19H,5-6,11-14H2,1-4H3. The van der Waals surface area contributed by atoms with Crippen molar-refractivity contribution in [1.29, 1.82) is 0 Å². The molecule has 0 heterocycles. The molecule has 1 saturated carbocycles. The third-order valence-electron chi connectivity index (χ3n) is 4.99. The molecule has 2 heteroatoms. The van der Waals surface area contributed by atoms with Gasteiger partial charge in [0.15, 0.2) is 0 Å². The topological polar surface area (TPSA) is 15.3 Å². The number of anilines is 1. The first kappa shape index (κ1) is 15.4. The van der Waals surface area contributed by atoms with E-state index < -0.39 is 0 Å². The highest BCUT2D eigenvalue weighted by atomic mass is 15.1. The molecule has 1 fully saturated rings. The smallest absolute Gasteiger partial charge is 0.0366 e. The Morgan fingerprint density at radius 3 is 2.15 bits per heavy atom. The third-order valence-corrected chi connectivity index (χ3v) is 4.99. The zero-order chi connectivity index (χ0) is 14.6. The van der Waals surface area contributed by atoms with Crippen LogP contribution in [0.3, 0.4) is 0 Å². The molecule has 0 amide bonds. The highest BCUT2D eigenvalue weighted by Crippen LogP contribution is 2.51. The quantitative estimate of drug-likeness (QED) is 0.769. The van der Waals surface area contributed by atoms with Crippen molar-refractivity contribution in [2.45, 2.75) is 47.1 Å². The zero-order valence-corrected chi connectivity index (χ0v) is 13.6. The molecule has 112 valence electrons. The van der Waals surface area contributed by atoms with Gasteiger partial charge in [-0.15, -0.1) is 0 Å². The molecule has 1 N–H and O–H groups in total. The Morgan fingerprint density at radius 1 is 1.10 bits per heavy atom. The fourth-order valence-electron chi connectivity index (χ4n) is 2.99. The largest absolute Gasteiger partial charge is 0.372 e. The Balaban J connectivity index is 1.82. The molecule has 20 heavy (non-hydrogen) atoms. The maximum Gasteiger partial charge on any atom is 0.0366 e. The van der Waals surface area contributed by atoms with Crippen LogP contribution in [-0.4, -0.2) is 19.6 Å². The Hall–Kier alpha value is -1.02. The maximum atomic E-state index is 3.65. The maximum absolute atomic E-state index is 3.65. The van der Waals surface area contributed by atoms with Gasteiger partial charge in [0.25, 0.3) is 0 Å². The normalized spacial score (nSPS) is 16.4. The lowest BCUT2D eigenvalue weighted by atomic mass is 9.92. The van der Waals surface area contributed by atoms with Crippen LogP contribution in [0, 0.1) is 11.3 Å². The Kier molecular flexibility index (Phi) is 5.09. The summed E-state index contributed by atoms with van der Waals surface area (Å²) in [6, 6.07) is 9.02. The molecular weight excluding hydrogens is 244 g/mol. The molecule has 0 aromatic heterocycles. The molecule has 0 spiro atoms. The van der Waals surface area contributed by atoms with Crippen LogP contribution in [0.25, 0.3) is 0 Å². The molecule has 0 unspecified atom stereocenters. The van der Waals surface area contributed by atoms with Crippen molar-refractivity contribution in [2.24, 2.45) is 11.3 Å². The number of nitrogens with one attached hydrogen (secondary N) is 1. The first-order valence-corrected chi connectivity index (χ1v) is 8.16. The first-order valence-electron chi connectivity index (χ1n) is 8.16. The lowest BCUT2D eigenvalue weighted by Gasteiger charge is -2.22. The van der Waals surface area contributed by atoms with Crippen LogP contribution < -0.4 is 10.2 Å². The molecule has 1 aromatic rings. The van der Waals surface area contributed by atoms with Gasteiger partial charge in [0.2, 0.25) is 0 Å². The van der Waals surface area contributed by atoms with Gasteiger partial charge in [0, 0.05) is 31.9 Å². The number of hydrogen-bond acceptors (Lipinski definition) is 2. The van der Waals surface area contributed by atoms with Crippen molar-refractivity contribution in [3.8, 4) is 0 Å². The number of nitrogens with zero attached hydrogens (tertiary/aromatic N) is 1. The van der Waals surface area contributed by atoms with E-state index in [2.05, 4.69) is 62.2 Å². The van der Waals surface area contributed by atoms with Crippen molar-refractivity contribution >= 4 is 5.69 Å². The second kappa shape index (κ2) is 6.62. The minimum absolute atomic E-state index is 0.598. The minimum Gasteiger partial charge on any atom is -0.372 e. The predicted octanol–water partition coefficient (Wildman–Crippen LogP) is 4.06. The van der Waals surface area contributed by atoms with Crippen molar-refractivity contribution < 1.29 is 0 Å². The molecule has 1 aliphatic carbocycles. The average Bonchev–Trinajstić information content (AvgIpc) is 3.23. The van der Waals surface area contributed by atoms with E-state index in [1.807, 2.05) is 0 Å². The molecular formula is C18H30N2. The lowest BCUT2D eigenvalue weighted by molar-refractivity contribution is 0.338. The minimum atomic E-state index is 0.598. The highest BCUT2D eigenvalue weighted by Gasteiger charge is 2.44. The van der Waals surface area contributed by atoms with E-state index in [0.717, 1.165) is 25.6 Å². The molecule has 0 atom stereocenters. The van der Waals surface area contributed by atoms with Crippen LogP contribution in [0.2, 0.25) is 0 Å². The van der Waals surface area contributed by atoms with Crippen LogP contribution >= 0.6 is 0 Å². The van der Waals surface area contributed by atoms with E-state index in [1.54, 1.807) is 0 Å². The summed E-state index contributed by atoms with van der Waals surface area (Å²) in [4.78, 5) is 2.38. The van der Waals surface area contributed by atoms with Gasteiger partial charge in [-0.2, -0.15) is 0 Å². The summed E-state index contributed by atoms with van der Waals surface area (Å²) < 4.78 is 0. The number of hydrogen-bond donors (Lipinski definition) is 1. The number of benzene rings is 1. The predicted molar refractivity (Wildman–Crippen MR) is 88.2 cm³/mol. The fourth-order valence-corrected chi connectivity index (χ4v) is 2.99. The van der Waals surface area contributed by atoms with E-state index in [0.29, 0.717) is 5.41 Å². The summed E-state index contributed by atoms with van der Waals surface area (Å²) in [5.74, 6) is 0.806. The van der Waals surface area contributed by atoms with Gasteiger partial charge in [-0.3, -0.25) is 0 Å². The lowest BCUT2D eigenvalue weighted by Crippen LogP contribution is -2.27. The summed E-state index contributed by atoms with van der Waals surface area (Å²) in [6.45, 7) is 13.4. The number of rotatable bonds is 8. The van der Waals surface area contributed by atoms with Crippen LogP contribution in [0.15, 0.2) is 24.3 Å².